The maximum Gasteiger partial charge on any atom is 0.256 e. The van der Waals surface area contributed by atoms with E-state index in [0.29, 0.717) is 36.0 Å². The van der Waals surface area contributed by atoms with Crippen molar-refractivity contribution in [2.75, 3.05) is 40.5 Å². The summed E-state index contributed by atoms with van der Waals surface area (Å²) in [6.45, 7) is 2.58. The largest absolute Gasteiger partial charge is 0.496 e. The molecular formula is C13H20Cl2N2O3. The van der Waals surface area contributed by atoms with Gasteiger partial charge in [0.2, 0.25) is 0 Å². The number of rotatable bonds is 8. The van der Waals surface area contributed by atoms with E-state index >= 15 is 0 Å². The summed E-state index contributed by atoms with van der Waals surface area (Å²) in [5.41, 5.74) is 0.364. The van der Waals surface area contributed by atoms with Gasteiger partial charge in [0.1, 0.15) is 5.75 Å². The van der Waals surface area contributed by atoms with Gasteiger partial charge in [-0.25, -0.2) is 0 Å². The Morgan fingerprint density at radius 2 is 2.00 bits per heavy atom. The molecule has 0 aliphatic heterocycles. The highest BCUT2D eigenvalue weighted by Gasteiger charge is 2.15. The molecule has 2 N–H and O–H groups in total. The van der Waals surface area contributed by atoms with Gasteiger partial charge < -0.3 is 20.1 Å². The Morgan fingerprint density at radius 1 is 1.25 bits per heavy atom. The first-order valence-corrected chi connectivity index (χ1v) is 6.39. The minimum atomic E-state index is -0.240. The topological polar surface area (TPSA) is 59.6 Å². The highest BCUT2D eigenvalue weighted by Crippen LogP contribution is 2.25. The van der Waals surface area contributed by atoms with Gasteiger partial charge in [0, 0.05) is 26.7 Å². The van der Waals surface area contributed by atoms with Crippen molar-refractivity contribution in [2.24, 2.45) is 0 Å². The van der Waals surface area contributed by atoms with Crippen molar-refractivity contribution in [3.05, 3.63) is 28.8 Å². The number of halogens is 2. The van der Waals surface area contributed by atoms with Crippen LogP contribution in [0.3, 0.4) is 0 Å². The Hall–Kier alpha value is -1.01. The van der Waals surface area contributed by atoms with Crippen molar-refractivity contribution >= 4 is 29.9 Å². The van der Waals surface area contributed by atoms with Crippen LogP contribution in [0, 0.1) is 0 Å². The number of hydrogen-bond acceptors (Lipinski definition) is 4. The fourth-order valence-corrected chi connectivity index (χ4v) is 1.80. The fourth-order valence-electron chi connectivity index (χ4n) is 1.55. The van der Waals surface area contributed by atoms with Gasteiger partial charge >= 0.3 is 0 Å². The van der Waals surface area contributed by atoms with E-state index in [1.54, 1.807) is 25.3 Å². The Morgan fingerprint density at radius 3 is 2.65 bits per heavy atom. The van der Waals surface area contributed by atoms with Crippen molar-refractivity contribution in [2.45, 2.75) is 0 Å². The van der Waals surface area contributed by atoms with E-state index in [0.717, 1.165) is 6.54 Å². The van der Waals surface area contributed by atoms with Crippen LogP contribution in [0.2, 0.25) is 5.02 Å². The molecule has 0 spiro atoms. The Balaban J connectivity index is 0.00000361. The summed E-state index contributed by atoms with van der Waals surface area (Å²) in [6.07, 6.45) is 0. The molecule has 0 aliphatic carbocycles. The molecule has 1 rings (SSSR count). The molecule has 20 heavy (non-hydrogen) atoms. The minimum Gasteiger partial charge on any atom is -0.496 e. The highest BCUT2D eigenvalue weighted by atomic mass is 35.5. The van der Waals surface area contributed by atoms with Crippen LogP contribution < -0.4 is 15.4 Å². The van der Waals surface area contributed by atoms with Gasteiger partial charge in [-0.1, -0.05) is 17.7 Å². The molecule has 7 heteroatoms. The molecule has 114 valence electrons. The lowest BCUT2D eigenvalue weighted by molar-refractivity contribution is 0.0951. The fraction of sp³-hybridized carbons (Fsp3) is 0.462. The van der Waals surface area contributed by atoms with Gasteiger partial charge in [-0.3, -0.25) is 4.79 Å². The molecule has 0 saturated heterocycles. The molecule has 1 aromatic carbocycles. The summed E-state index contributed by atoms with van der Waals surface area (Å²) >= 11 is 6.01. The summed E-state index contributed by atoms with van der Waals surface area (Å²) in [4.78, 5) is 12.0. The van der Waals surface area contributed by atoms with E-state index in [1.165, 1.54) is 7.11 Å². The molecule has 0 radical (unpaired) electrons. The number of carbonyl (C=O) groups is 1. The maximum absolute atomic E-state index is 12.0. The molecule has 0 bridgehead atoms. The van der Waals surface area contributed by atoms with Gasteiger partial charge in [-0.15, -0.1) is 12.4 Å². The second kappa shape index (κ2) is 10.7. The van der Waals surface area contributed by atoms with Gasteiger partial charge in [0.05, 0.1) is 24.3 Å². The number of ether oxygens (including phenoxy) is 2. The van der Waals surface area contributed by atoms with Crippen molar-refractivity contribution in [1.82, 2.24) is 10.6 Å². The summed E-state index contributed by atoms with van der Waals surface area (Å²) in [6, 6.07) is 5.11. The predicted octanol–water partition coefficient (Wildman–Crippen LogP) is 1.74. The molecule has 0 fully saturated rings. The first kappa shape index (κ1) is 19.0. The number of hydrogen-bond donors (Lipinski definition) is 2. The number of nitrogens with one attached hydrogen (secondary N) is 2. The van der Waals surface area contributed by atoms with Crippen LogP contribution >= 0.6 is 24.0 Å². The quantitative estimate of drug-likeness (QED) is 0.716. The number of methoxy groups -OCH3 is 2. The smallest absolute Gasteiger partial charge is 0.256 e. The summed E-state index contributed by atoms with van der Waals surface area (Å²) < 4.78 is 10.0. The highest BCUT2D eigenvalue weighted by molar-refractivity contribution is 6.34. The standard InChI is InChI=1S/C13H19ClN2O3.ClH/c1-18-9-8-15-6-7-16-13(17)12-10(14)4-3-5-11(12)19-2;/h3-5,15H,6-9H2,1-2H3,(H,16,17);1H. The second-order valence-electron chi connectivity index (χ2n) is 3.82. The molecule has 0 heterocycles. The zero-order valence-corrected chi connectivity index (χ0v) is 13.1. The molecule has 0 aliphatic rings. The van der Waals surface area contributed by atoms with E-state index in [9.17, 15) is 4.79 Å². The van der Waals surface area contributed by atoms with Crippen LogP contribution in [0.4, 0.5) is 0 Å². The lowest BCUT2D eigenvalue weighted by Gasteiger charge is -2.11. The lowest BCUT2D eigenvalue weighted by atomic mass is 10.2. The van der Waals surface area contributed by atoms with E-state index in [1.807, 2.05) is 0 Å². The first-order chi connectivity index (χ1) is 9.20. The van der Waals surface area contributed by atoms with Crippen LogP contribution in [0.25, 0.3) is 0 Å². The minimum absolute atomic E-state index is 0. The Kier molecular flexibility index (Phi) is 10.2. The third-order valence-electron chi connectivity index (χ3n) is 2.49. The van der Waals surface area contributed by atoms with Crippen molar-refractivity contribution < 1.29 is 14.3 Å². The first-order valence-electron chi connectivity index (χ1n) is 6.01. The predicted molar refractivity (Wildman–Crippen MR) is 82.3 cm³/mol. The average Bonchev–Trinajstić information content (AvgIpc) is 2.42. The van der Waals surface area contributed by atoms with Crippen LogP contribution in [-0.2, 0) is 4.74 Å². The zero-order chi connectivity index (χ0) is 14.1. The normalized spacial score (nSPS) is 9.75. The maximum atomic E-state index is 12.0. The number of carbonyl (C=O) groups excluding carboxylic acids is 1. The number of amides is 1. The summed E-state index contributed by atoms with van der Waals surface area (Å²) in [5.74, 6) is 0.230. The van der Waals surface area contributed by atoms with Crippen LogP contribution in [-0.4, -0.2) is 46.4 Å². The van der Waals surface area contributed by atoms with Gasteiger partial charge in [-0.05, 0) is 12.1 Å². The van der Waals surface area contributed by atoms with E-state index in [4.69, 9.17) is 21.1 Å². The molecule has 0 atom stereocenters. The van der Waals surface area contributed by atoms with E-state index in [-0.39, 0.29) is 18.3 Å². The summed E-state index contributed by atoms with van der Waals surface area (Å²) in [5, 5.41) is 6.30. The zero-order valence-electron chi connectivity index (χ0n) is 11.6. The molecule has 0 aromatic heterocycles. The summed E-state index contributed by atoms with van der Waals surface area (Å²) in [7, 11) is 3.15. The SMILES string of the molecule is COCCNCCNC(=O)c1c(Cl)cccc1OC.Cl. The molecule has 5 nitrogen and oxygen atoms in total. The monoisotopic (exact) mass is 322 g/mol. The molecule has 1 amide bonds. The Labute approximate surface area is 130 Å². The van der Waals surface area contributed by atoms with E-state index in [2.05, 4.69) is 10.6 Å². The number of benzene rings is 1. The van der Waals surface area contributed by atoms with Crippen LogP contribution in [0.15, 0.2) is 18.2 Å². The van der Waals surface area contributed by atoms with Gasteiger partial charge in [0.25, 0.3) is 5.91 Å². The van der Waals surface area contributed by atoms with Crippen LogP contribution in [0.5, 0.6) is 5.75 Å². The van der Waals surface area contributed by atoms with E-state index < -0.39 is 0 Å². The Bertz CT molecular complexity index is 417. The molecule has 0 unspecified atom stereocenters. The van der Waals surface area contributed by atoms with Crippen molar-refractivity contribution in [1.29, 1.82) is 0 Å². The van der Waals surface area contributed by atoms with Crippen molar-refractivity contribution in [3.63, 3.8) is 0 Å². The third-order valence-corrected chi connectivity index (χ3v) is 2.81. The lowest BCUT2D eigenvalue weighted by Crippen LogP contribution is -2.33. The molecule has 0 saturated carbocycles. The van der Waals surface area contributed by atoms with Crippen molar-refractivity contribution in [3.8, 4) is 5.75 Å². The second-order valence-corrected chi connectivity index (χ2v) is 4.22. The molecular weight excluding hydrogens is 303 g/mol. The van der Waals surface area contributed by atoms with Crippen LogP contribution in [0.1, 0.15) is 10.4 Å². The van der Waals surface area contributed by atoms with Gasteiger partial charge in [-0.2, -0.15) is 0 Å². The van der Waals surface area contributed by atoms with Gasteiger partial charge in [0.15, 0.2) is 0 Å². The average molecular weight is 323 g/mol. The molecule has 1 aromatic rings. The third kappa shape index (κ3) is 5.96.